The van der Waals surface area contributed by atoms with Crippen molar-refractivity contribution in [2.45, 2.75) is 43.5 Å². The molecule has 1 unspecified atom stereocenters. The van der Waals surface area contributed by atoms with Crippen molar-refractivity contribution in [3.8, 4) is 0 Å². The van der Waals surface area contributed by atoms with Crippen LogP contribution in [0.15, 0.2) is 29.2 Å². The molecular weight excluding hydrogens is 286 g/mol. The van der Waals surface area contributed by atoms with Gasteiger partial charge < -0.3 is 10.1 Å². The van der Waals surface area contributed by atoms with Gasteiger partial charge in [0.05, 0.1) is 10.6 Å². The monoisotopic (exact) mass is 311 g/mol. The van der Waals surface area contributed by atoms with Crippen LogP contribution in [0.3, 0.4) is 0 Å². The molecule has 0 aromatic heterocycles. The minimum Gasteiger partial charge on any atom is -0.381 e. The van der Waals surface area contributed by atoms with E-state index in [1.54, 1.807) is 12.1 Å². The van der Waals surface area contributed by atoms with Gasteiger partial charge in [0.1, 0.15) is 0 Å². The summed E-state index contributed by atoms with van der Waals surface area (Å²) in [6.45, 7) is 4.60. The van der Waals surface area contributed by atoms with Gasteiger partial charge in [-0.15, -0.1) is 0 Å². The largest absolute Gasteiger partial charge is 0.381 e. The van der Waals surface area contributed by atoms with Crippen molar-refractivity contribution >= 4 is 9.84 Å². The Labute approximate surface area is 127 Å². The molecule has 0 aliphatic carbocycles. The van der Waals surface area contributed by atoms with Gasteiger partial charge >= 0.3 is 0 Å². The third kappa shape index (κ3) is 4.53. The summed E-state index contributed by atoms with van der Waals surface area (Å²) >= 11 is 0. The number of fused-ring (bicyclic) bond motifs is 1. The number of hydrogen-bond acceptors (Lipinski definition) is 4. The van der Waals surface area contributed by atoms with E-state index in [1.165, 1.54) is 0 Å². The van der Waals surface area contributed by atoms with Crippen molar-refractivity contribution in [1.82, 2.24) is 5.32 Å². The highest BCUT2D eigenvalue weighted by Gasteiger charge is 2.29. The van der Waals surface area contributed by atoms with Crippen molar-refractivity contribution in [2.75, 3.05) is 25.5 Å². The highest BCUT2D eigenvalue weighted by Crippen LogP contribution is 2.31. The van der Waals surface area contributed by atoms with Crippen molar-refractivity contribution in [1.29, 1.82) is 0 Å². The second-order valence-electron chi connectivity index (χ2n) is 5.47. The number of unbranched alkanes of at least 4 members (excludes halogenated alkanes) is 1. The molecule has 1 aliphatic rings. The molecule has 1 atom stereocenters. The lowest BCUT2D eigenvalue weighted by Crippen LogP contribution is -2.30. The maximum absolute atomic E-state index is 12.0. The molecule has 1 aromatic rings. The third-order valence-electron chi connectivity index (χ3n) is 3.80. The molecule has 0 saturated heterocycles. The Morgan fingerprint density at radius 3 is 2.81 bits per heavy atom. The van der Waals surface area contributed by atoms with Gasteiger partial charge in [-0.25, -0.2) is 8.42 Å². The van der Waals surface area contributed by atoms with Crippen LogP contribution >= 0.6 is 0 Å². The second-order valence-corrected chi connectivity index (χ2v) is 7.55. The Morgan fingerprint density at radius 2 is 2.00 bits per heavy atom. The minimum atomic E-state index is -3.09. The minimum absolute atomic E-state index is 0.139. The number of sulfone groups is 1. The average molecular weight is 311 g/mol. The van der Waals surface area contributed by atoms with Crippen molar-refractivity contribution in [3.05, 3.63) is 29.8 Å². The molecule has 4 nitrogen and oxygen atoms in total. The molecular formula is C16H25NO3S. The van der Waals surface area contributed by atoms with E-state index in [2.05, 4.69) is 12.2 Å². The number of ether oxygens (including phenoxy) is 1. The highest BCUT2D eigenvalue weighted by atomic mass is 32.2. The van der Waals surface area contributed by atoms with Crippen LogP contribution in [0.4, 0.5) is 0 Å². The number of benzene rings is 1. The van der Waals surface area contributed by atoms with Gasteiger partial charge in [-0.2, -0.15) is 0 Å². The highest BCUT2D eigenvalue weighted by molar-refractivity contribution is 7.91. The molecule has 1 aliphatic heterocycles. The standard InChI is InChI=1S/C16H25NO3S/c1-2-3-11-20-12-6-10-17-15-9-13-21(18,19)16-8-5-4-7-14(15)16/h4-5,7-8,15,17H,2-3,6,9-13H2,1H3. The Hall–Kier alpha value is -0.910. The summed E-state index contributed by atoms with van der Waals surface area (Å²) in [7, 11) is -3.09. The number of hydrogen-bond donors (Lipinski definition) is 1. The van der Waals surface area contributed by atoms with Crippen LogP contribution in [-0.4, -0.2) is 33.9 Å². The maximum Gasteiger partial charge on any atom is 0.178 e. The fraction of sp³-hybridized carbons (Fsp3) is 0.625. The molecule has 5 heteroatoms. The molecule has 118 valence electrons. The Bertz CT molecular complexity index is 542. The summed E-state index contributed by atoms with van der Waals surface area (Å²) in [6.07, 6.45) is 3.87. The average Bonchev–Trinajstić information content (AvgIpc) is 2.49. The van der Waals surface area contributed by atoms with Crippen LogP contribution in [0.5, 0.6) is 0 Å². The normalized spacial score (nSPS) is 20.1. The van der Waals surface area contributed by atoms with Gasteiger partial charge in [-0.05, 0) is 37.4 Å². The van der Waals surface area contributed by atoms with Gasteiger partial charge in [-0.1, -0.05) is 31.5 Å². The summed E-state index contributed by atoms with van der Waals surface area (Å²) in [6, 6.07) is 7.47. The van der Waals surface area contributed by atoms with Gasteiger partial charge in [-0.3, -0.25) is 0 Å². The van der Waals surface area contributed by atoms with Crippen LogP contribution < -0.4 is 5.32 Å². The van der Waals surface area contributed by atoms with Crippen LogP contribution in [0.2, 0.25) is 0 Å². The zero-order valence-corrected chi connectivity index (χ0v) is 13.5. The summed E-state index contributed by atoms with van der Waals surface area (Å²) < 4.78 is 29.6. The maximum atomic E-state index is 12.0. The lowest BCUT2D eigenvalue weighted by atomic mass is 10.0. The second kappa shape index (κ2) is 7.92. The predicted octanol–water partition coefficient (Wildman–Crippen LogP) is 2.70. The van der Waals surface area contributed by atoms with E-state index < -0.39 is 9.84 Å². The Balaban J connectivity index is 1.83. The molecule has 1 heterocycles. The lowest BCUT2D eigenvalue weighted by molar-refractivity contribution is 0.128. The summed E-state index contributed by atoms with van der Waals surface area (Å²) in [4.78, 5) is 0.493. The number of rotatable bonds is 8. The first kappa shape index (κ1) is 16.5. The van der Waals surface area contributed by atoms with Crippen molar-refractivity contribution in [2.24, 2.45) is 0 Å². The van der Waals surface area contributed by atoms with Crippen molar-refractivity contribution < 1.29 is 13.2 Å². The Morgan fingerprint density at radius 1 is 1.24 bits per heavy atom. The van der Waals surface area contributed by atoms with E-state index in [-0.39, 0.29) is 11.8 Å². The van der Waals surface area contributed by atoms with Crippen molar-refractivity contribution in [3.63, 3.8) is 0 Å². The molecule has 21 heavy (non-hydrogen) atoms. The third-order valence-corrected chi connectivity index (χ3v) is 5.62. The van der Waals surface area contributed by atoms with E-state index in [1.807, 2.05) is 12.1 Å². The fourth-order valence-electron chi connectivity index (χ4n) is 2.60. The first-order chi connectivity index (χ1) is 10.1. The molecule has 1 aromatic carbocycles. The van der Waals surface area contributed by atoms with E-state index in [4.69, 9.17) is 4.74 Å². The van der Waals surface area contributed by atoms with Gasteiger partial charge in [0.2, 0.25) is 0 Å². The van der Waals surface area contributed by atoms with Crippen LogP contribution in [-0.2, 0) is 14.6 Å². The summed E-state index contributed by atoms with van der Waals surface area (Å²) in [5, 5.41) is 3.46. The molecule has 0 saturated carbocycles. The first-order valence-corrected chi connectivity index (χ1v) is 9.43. The van der Waals surface area contributed by atoms with Gasteiger partial charge in [0, 0.05) is 19.3 Å². The molecule has 0 fully saturated rings. The number of nitrogens with one attached hydrogen (secondary N) is 1. The first-order valence-electron chi connectivity index (χ1n) is 7.78. The molecule has 0 spiro atoms. The molecule has 0 bridgehead atoms. The zero-order chi connectivity index (χ0) is 15.1. The van der Waals surface area contributed by atoms with Gasteiger partial charge in [0.25, 0.3) is 0 Å². The van der Waals surface area contributed by atoms with E-state index in [0.717, 1.165) is 44.6 Å². The predicted molar refractivity (Wildman–Crippen MR) is 84.2 cm³/mol. The van der Waals surface area contributed by atoms with Crippen LogP contribution in [0.25, 0.3) is 0 Å². The SMILES string of the molecule is CCCCOCCCNC1CCS(=O)(=O)c2ccccc21. The van der Waals surface area contributed by atoms with E-state index in [9.17, 15) is 8.42 Å². The van der Waals surface area contributed by atoms with Gasteiger partial charge in [0.15, 0.2) is 9.84 Å². The van der Waals surface area contributed by atoms with E-state index >= 15 is 0 Å². The summed E-state index contributed by atoms with van der Waals surface area (Å²) in [5.41, 5.74) is 0.913. The topological polar surface area (TPSA) is 55.4 Å². The van der Waals surface area contributed by atoms with Crippen LogP contribution in [0.1, 0.15) is 44.2 Å². The molecule has 2 rings (SSSR count). The summed E-state index contributed by atoms with van der Waals surface area (Å²) in [5.74, 6) is 0.231. The molecule has 1 N–H and O–H groups in total. The zero-order valence-electron chi connectivity index (χ0n) is 12.7. The van der Waals surface area contributed by atoms with E-state index in [0.29, 0.717) is 11.3 Å². The van der Waals surface area contributed by atoms with Crippen LogP contribution in [0, 0.1) is 0 Å². The Kier molecular flexibility index (Phi) is 6.21. The smallest absolute Gasteiger partial charge is 0.178 e. The molecule has 0 radical (unpaired) electrons. The quantitative estimate of drug-likeness (QED) is 0.750. The fourth-order valence-corrected chi connectivity index (χ4v) is 4.22. The lowest BCUT2D eigenvalue weighted by Gasteiger charge is -2.26. The molecule has 0 amide bonds.